The zero-order valence-electron chi connectivity index (χ0n) is 9.99. The molecule has 0 aromatic carbocycles. The average Bonchev–Trinajstić information content (AvgIpc) is 2.17. The molecule has 0 radical (unpaired) electrons. The summed E-state index contributed by atoms with van der Waals surface area (Å²) in [5.41, 5.74) is 0. The van der Waals surface area contributed by atoms with Crippen LogP contribution < -0.4 is 0 Å². The van der Waals surface area contributed by atoms with Gasteiger partial charge in [0.1, 0.15) is 0 Å². The smallest absolute Gasteiger partial charge is 0.430 e. The second-order valence-electron chi connectivity index (χ2n) is 3.77. The highest BCUT2D eigenvalue weighted by Gasteiger charge is 2.44. The normalized spacial score (nSPS) is 13.5. The topological polar surface area (TPSA) is 60.4 Å². The van der Waals surface area contributed by atoms with Crippen LogP contribution in [0.5, 0.6) is 0 Å². The van der Waals surface area contributed by atoms with Gasteiger partial charge in [0.2, 0.25) is 0 Å². The Morgan fingerprint density at radius 1 is 1.27 bits per heavy atom. The summed E-state index contributed by atoms with van der Waals surface area (Å²) in [6.45, 7) is 9.08. The second-order valence-corrected chi connectivity index (χ2v) is 5.68. The minimum absolute atomic E-state index is 0.235. The first-order chi connectivity index (χ1) is 6.78. The first-order valence-corrected chi connectivity index (χ1v) is 6.15. The van der Waals surface area contributed by atoms with Crippen LogP contribution in [0.4, 0.5) is 4.79 Å². The Balaban J connectivity index is 4.77. The highest BCUT2D eigenvalue weighted by atomic mass is 32.2. The van der Waals surface area contributed by atoms with Crippen molar-refractivity contribution in [1.82, 2.24) is 4.90 Å². The number of nitrogens with zero attached hydrogens (tertiary/aromatic N) is 1. The van der Waals surface area contributed by atoms with Crippen LogP contribution in [-0.4, -0.2) is 38.3 Å². The maximum Gasteiger partial charge on any atom is 0.430 e. The van der Waals surface area contributed by atoms with Gasteiger partial charge in [0.05, 0.1) is 11.2 Å². The molecule has 0 aliphatic rings. The van der Waals surface area contributed by atoms with E-state index in [1.807, 2.05) is 13.8 Å². The fraction of sp³-hybridized carbons (Fsp3) is 0.800. The molecular weight excluding hydrogens is 214 g/mol. The molecule has 0 aliphatic heterocycles. The lowest BCUT2D eigenvalue weighted by atomic mass is 10.1. The SMILES string of the molecule is CCN(CC)C(=O)[S+]([O-])C(C)(C)C(C)=O. The Morgan fingerprint density at radius 3 is 1.93 bits per heavy atom. The number of hydrogen-bond acceptors (Lipinski definition) is 3. The van der Waals surface area contributed by atoms with Crippen LogP contribution in [0.3, 0.4) is 0 Å². The Labute approximate surface area is 94.2 Å². The number of hydrogen-bond donors (Lipinski definition) is 0. The second kappa shape index (κ2) is 5.51. The molecule has 0 saturated heterocycles. The number of ketones is 1. The Kier molecular flexibility index (Phi) is 5.31. The van der Waals surface area contributed by atoms with Crippen LogP contribution in [0.25, 0.3) is 0 Å². The van der Waals surface area contributed by atoms with Crippen molar-refractivity contribution in [2.24, 2.45) is 0 Å². The number of amides is 1. The van der Waals surface area contributed by atoms with Crippen molar-refractivity contribution in [1.29, 1.82) is 0 Å². The van der Waals surface area contributed by atoms with E-state index in [0.29, 0.717) is 13.1 Å². The van der Waals surface area contributed by atoms with Crippen LogP contribution in [0.1, 0.15) is 34.6 Å². The maximum absolute atomic E-state index is 11.9. The third-order valence-corrected chi connectivity index (χ3v) is 4.28. The molecule has 0 heterocycles. The van der Waals surface area contributed by atoms with Crippen LogP contribution in [0.15, 0.2) is 0 Å². The van der Waals surface area contributed by atoms with Crippen LogP contribution in [0, 0.1) is 0 Å². The van der Waals surface area contributed by atoms with Gasteiger partial charge in [-0.2, -0.15) is 0 Å². The molecule has 1 atom stereocenters. The Bertz CT molecular complexity index is 249. The Morgan fingerprint density at radius 2 is 1.67 bits per heavy atom. The number of Topliss-reactive ketones (excluding diaryl/α,β-unsaturated/α-hetero) is 1. The molecule has 0 aromatic rings. The molecular formula is C10H19NO3S. The van der Waals surface area contributed by atoms with Gasteiger partial charge in [0.15, 0.2) is 10.5 Å². The van der Waals surface area contributed by atoms with Crippen molar-refractivity contribution in [3.05, 3.63) is 0 Å². The van der Waals surface area contributed by atoms with Gasteiger partial charge in [-0.3, -0.25) is 9.69 Å². The zero-order chi connectivity index (χ0) is 12.2. The van der Waals surface area contributed by atoms with Crippen LogP contribution >= 0.6 is 0 Å². The third-order valence-electron chi connectivity index (χ3n) is 2.49. The molecule has 0 saturated carbocycles. The molecule has 5 heteroatoms. The van der Waals surface area contributed by atoms with Gasteiger partial charge in [-0.15, -0.1) is 0 Å². The summed E-state index contributed by atoms with van der Waals surface area (Å²) < 4.78 is 10.8. The first kappa shape index (κ1) is 14.5. The lowest BCUT2D eigenvalue weighted by molar-refractivity contribution is -0.118. The summed E-state index contributed by atoms with van der Waals surface area (Å²) in [5.74, 6) is -0.235. The summed E-state index contributed by atoms with van der Waals surface area (Å²) in [6.07, 6.45) is 0. The number of carbonyl (C=O) groups is 2. The van der Waals surface area contributed by atoms with Crippen LogP contribution in [0.2, 0.25) is 0 Å². The largest absolute Gasteiger partial charge is 0.607 e. The maximum atomic E-state index is 11.9. The van der Waals surface area contributed by atoms with Crippen molar-refractivity contribution in [3.8, 4) is 0 Å². The first-order valence-electron chi connectivity index (χ1n) is 5.00. The van der Waals surface area contributed by atoms with Crippen molar-refractivity contribution in [2.45, 2.75) is 39.4 Å². The summed E-state index contributed by atoms with van der Waals surface area (Å²) in [5, 5.41) is -0.458. The van der Waals surface area contributed by atoms with Crippen molar-refractivity contribution in [3.63, 3.8) is 0 Å². The molecule has 4 nitrogen and oxygen atoms in total. The van der Waals surface area contributed by atoms with Gasteiger partial charge < -0.3 is 4.55 Å². The number of carbonyl (C=O) groups excluding carboxylic acids is 2. The van der Waals surface area contributed by atoms with E-state index in [1.165, 1.54) is 25.7 Å². The molecule has 0 bridgehead atoms. The fourth-order valence-corrected chi connectivity index (χ4v) is 2.14. The van der Waals surface area contributed by atoms with E-state index < -0.39 is 21.2 Å². The van der Waals surface area contributed by atoms with Gasteiger partial charge in [-0.05, 0) is 34.6 Å². The van der Waals surface area contributed by atoms with Crippen molar-refractivity contribution in [2.75, 3.05) is 13.1 Å². The van der Waals surface area contributed by atoms with Crippen molar-refractivity contribution >= 4 is 22.2 Å². The lowest BCUT2D eigenvalue weighted by Gasteiger charge is -2.27. The minimum atomic E-state index is -1.80. The molecule has 0 aliphatic carbocycles. The van der Waals surface area contributed by atoms with E-state index >= 15 is 0 Å². The van der Waals surface area contributed by atoms with E-state index in [1.54, 1.807) is 0 Å². The van der Waals surface area contributed by atoms with Gasteiger partial charge in [-0.1, -0.05) is 0 Å². The predicted octanol–water partition coefficient (Wildman–Crippen LogP) is 1.56. The summed E-state index contributed by atoms with van der Waals surface area (Å²) in [4.78, 5) is 24.4. The van der Waals surface area contributed by atoms with Gasteiger partial charge in [0.25, 0.3) is 0 Å². The molecule has 88 valence electrons. The average molecular weight is 233 g/mol. The molecule has 1 amide bonds. The fourth-order valence-electron chi connectivity index (χ4n) is 0.948. The highest BCUT2D eigenvalue weighted by Crippen LogP contribution is 2.21. The summed E-state index contributed by atoms with van der Waals surface area (Å²) in [6, 6.07) is 0. The van der Waals surface area contributed by atoms with Gasteiger partial charge in [-0.25, -0.2) is 4.79 Å². The molecule has 0 aromatic heterocycles. The predicted molar refractivity (Wildman–Crippen MR) is 61.2 cm³/mol. The molecule has 1 unspecified atom stereocenters. The Hall–Kier alpha value is -0.550. The van der Waals surface area contributed by atoms with Gasteiger partial charge in [0, 0.05) is 13.1 Å². The zero-order valence-corrected chi connectivity index (χ0v) is 10.8. The van der Waals surface area contributed by atoms with E-state index in [9.17, 15) is 14.1 Å². The van der Waals surface area contributed by atoms with E-state index in [-0.39, 0.29) is 5.78 Å². The lowest BCUT2D eigenvalue weighted by Crippen LogP contribution is -2.48. The van der Waals surface area contributed by atoms with Gasteiger partial charge >= 0.3 is 5.24 Å². The quantitative estimate of drug-likeness (QED) is 0.692. The van der Waals surface area contributed by atoms with E-state index in [4.69, 9.17) is 0 Å². The number of rotatable bonds is 4. The molecule has 15 heavy (non-hydrogen) atoms. The standard InChI is InChI=1S/C10H19NO3S/c1-6-11(7-2)9(13)15(14)10(4,5)8(3)12/h6-7H2,1-5H3. The minimum Gasteiger partial charge on any atom is -0.607 e. The van der Waals surface area contributed by atoms with E-state index in [0.717, 1.165) is 0 Å². The van der Waals surface area contributed by atoms with E-state index in [2.05, 4.69) is 0 Å². The third kappa shape index (κ3) is 3.21. The summed E-state index contributed by atoms with van der Waals surface area (Å²) in [7, 11) is 0. The molecule has 0 rings (SSSR count). The monoisotopic (exact) mass is 233 g/mol. The molecule has 0 N–H and O–H groups in total. The summed E-state index contributed by atoms with van der Waals surface area (Å²) >= 11 is -1.80. The van der Waals surface area contributed by atoms with Crippen molar-refractivity contribution < 1.29 is 14.1 Å². The highest BCUT2D eigenvalue weighted by molar-refractivity contribution is 8.07. The molecule has 0 fully saturated rings. The van der Waals surface area contributed by atoms with Crippen LogP contribution in [-0.2, 0) is 16.0 Å². The molecule has 0 spiro atoms.